The normalized spacial score (nSPS) is 18.6. The van der Waals surface area contributed by atoms with Gasteiger partial charge in [0, 0.05) is 6.54 Å². The van der Waals surface area contributed by atoms with Crippen molar-refractivity contribution < 1.29 is 27.3 Å². The van der Waals surface area contributed by atoms with Gasteiger partial charge in [0.15, 0.2) is 9.84 Å². The molecule has 9 heteroatoms. The Morgan fingerprint density at radius 1 is 1.19 bits per heavy atom. The molecular weight excluding hydrogens is 357 g/mol. The summed E-state index contributed by atoms with van der Waals surface area (Å²) in [6.45, 7) is 8.01. The van der Waals surface area contributed by atoms with E-state index in [1.807, 2.05) is 27.7 Å². The maximum atomic E-state index is 12.5. The molecule has 0 atom stereocenters. The predicted molar refractivity (Wildman–Crippen MR) is 99.2 cm³/mol. The fourth-order valence-electron chi connectivity index (χ4n) is 2.48. The Bertz CT molecular complexity index is 746. The van der Waals surface area contributed by atoms with Crippen LogP contribution in [0, 0.1) is 0 Å². The Hall–Kier alpha value is -1.58. The van der Waals surface area contributed by atoms with Gasteiger partial charge < -0.3 is 19.4 Å². The summed E-state index contributed by atoms with van der Waals surface area (Å²) in [5.74, 6) is -0.0795. The van der Waals surface area contributed by atoms with E-state index in [9.17, 15) is 13.2 Å². The SMILES string of the molecule is COC(=O)NCCCS(=O)(=O)c1cccc(B2OC(C)(C)C(C)(C)O2)c1. The van der Waals surface area contributed by atoms with E-state index in [0.717, 1.165) is 0 Å². The maximum absolute atomic E-state index is 12.5. The molecule has 1 aromatic carbocycles. The largest absolute Gasteiger partial charge is 0.494 e. The number of hydrogen-bond donors (Lipinski definition) is 1. The van der Waals surface area contributed by atoms with Crippen molar-refractivity contribution in [2.75, 3.05) is 19.4 Å². The molecule has 1 N–H and O–H groups in total. The monoisotopic (exact) mass is 383 g/mol. The van der Waals surface area contributed by atoms with Gasteiger partial charge in [0.1, 0.15) is 0 Å². The molecule has 0 bridgehead atoms. The van der Waals surface area contributed by atoms with Crippen molar-refractivity contribution in [3.8, 4) is 0 Å². The topological polar surface area (TPSA) is 90.9 Å². The first kappa shape index (κ1) is 20.7. The van der Waals surface area contributed by atoms with Gasteiger partial charge in [-0.25, -0.2) is 13.2 Å². The summed E-state index contributed by atoms with van der Waals surface area (Å²) in [4.78, 5) is 11.2. The highest BCUT2D eigenvalue weighted by atomic mass is 32.2. The van der Waals surface area contributed by atoms with Gasteiger partial charge in [0.2, 0.25) is 0 Å². The number of methoxy groups -OCH3 is 1. The smallest absolute Gasteiger partial charge is 0.453 e. The third kappa shape index (κ3) is 4.58. The highest BCUT2D eigenvalue weighted by Crippen LogP contribution is 2.36. The van der Waals surface area contributed by atoms with Gasteiger partial charge in [0.05, 0.1) is 29.0 Å². The molecule has 0 radical (unpaired) electrons. The van der Waals surface area contributed by atoms with Crippen molar-refractivity contribution in [2.45, 2.75) is 50.2 Å². The second-order valence-electron chi connectivity index (χ2n) is 7.25. The summed E-state index contributed by atoms with van der Waals surface area (Å²) in [6, 6.07) is 6.61. The summed E-state index contributed by atoms with van der Waals surface area (Å²) < 4.78 is 41.5. The van der Waals surface area contributed by atoms with Crippen LogP contribution in [0.1, 0.15) is 34.1 Å². The second kappa shape index (κ2) is 7.58. The molecule has 0 unspecified atom stereocenters. The molecule has 0 aromatic heterocycles. The first-order chi connectivity index (χ1) is 12.0. The fraction of sp³-hybridized carbons (Fsp3) is 0.588. The number of amides is 1. The average Bonchev–Trinajstić information content (AvgIpc) is 2.79. The van der Waals surface area contributed by atoms with E-state index >= 15 is 0 Å². The zero-order valence-corrected chi connectivity index (χ0v) is 16.7. The summed E-state index contributed by atoms with van der Waals surface area (Å²) in [7, 11) is -2.84. The Balaban J connectivity index is 2.08. The molecular formula is C17H26BNO6S. The van der Waals surface area contributed by atoms with E-state index in [0.29, 0.717) is 5.46 Å². The highest BCUT2D eigenvalue weighted by molar-refractivity contribution is 7.91. The van der Waals surface area contributed by atoms with Crippen LogP contribution < -0.4 is 10.8 Å². The molecule has 1 aromatic rings. The number of nitrogens with one attached hydrogen (secondary N) is 1. The number of benzene rings is 1. The van der Waals surface area contributed by atoms with Gasteiger partial charge in [-0.05, 0) is 51.7 Å². The number of hydrogen-bond acceptors (Lipinski definition) is 6. The summed E-state index contributed by atoms with van der Waals surface area (Å²) >= 11 is 0. The van der Waals surface area contributed by atoms with E-state index in [4.69, 9.17) is 9.31 Å². The Kier molecular flexibility index (Phi) is 6.04. The van der Waals surface area contributed by atoms with Gasteiger partial charge >= 0.3 is 13.2 Å². The van der Waals surface area contributed by atoms with Crippen LogP contribution in [-0.2, 0) is 23.9 Å². The molecule has 1 amide bonds. The number of alkyl carbamates (subject to hydrolysis) is 1. The molecule has 1 saturated heterocycles. The first-order valence-electron chi connectivity index (χ1n) is 8.49. The minimum absolute atomic E-state index is 0.0795. The lowest BCUT2D eigenvalue weighted by molar-refractivity contribution is 0.00578. The van der Waals surface area contributed by atoms with Crippen LogP contribution in [-0.4, -0.2) is 52.2 Å². The molecule has 1 aliphatic rings. The lowest BCUT2D eigenvalue weighted by atomic mass is 9.79. The van der Waals surface area contributed by atoms with Crippen molar-refractivity contribution in [3.63, 3.8) is 0 Å². The standard InChI is InChI=1S/C17H26BNO6S/c1-16(2)17(3,4)25-18(24-16)13-8-6-9-14(12-13)26(21,22)11-7-10-19-15(20)23-5/h6,8-9,12H,7,10-11H2,1-5H3,(H,19,20). The van der Waals surface area contributed by atoms with Crippen LogP contribution in [0.2, 0.25) is 0 Å². The molecule has 144 valence electrons. The lowest BCUT2D eigenvalue weighted by Crippen LogP contribution is -2.41. The molecule has 1 heterocycles. The van der Waals surface area contributed by atoms with Gasteiger partial charge in [-0.2, -0.15) is 0 Å². The maximum Gasteiger partial charge on any atom is 0.494 e. The van der Waals surface area contributed by atoms with Crippen LogP contribution in [0.3, 0.4) is 0 Å². The van der Waals surface area contributed by atoms with Crippen molar-refractivity contribution in [1.82, 2.24) is 5.32 Å². The Morgan fingerprint density at radius 2 is 1.81 bits per heavy atom. The number of rotatable bonds is 6. The molecule has 0 spiro atoms. The summed E-state index contributed by atoms with van der Waals surface area (Å²) in [5, 5.41) is 2.46. The predicted octanol–water partition coefficient (Wildman–Crippen LogP) is 1.51. The molecule has 26 heavy (non-hydrogen) atoms. The van der Waals surface area contributed by atoms with Crippen molar-refractivity contribution >= 4 is 28.5 Å². The number of ether oxygens (including phenoxy) is 1. The number of sulfone groups is 1. The van der Waals surface area contributed by atoms with Crippen LogP contribution in [0.25, 0.3) is 0 Å². The van der Waals surface area contributed by atoms with Crippen LogP contribution in [0.15, 0.2) is 29.2 Å². The van der Waals surface area contributed by atoms with E-state index in [1.165, 1.54) is 7.11 Å². The highest BCUT2D eigenvalue weighted by Gasteiger charge is 2.51. The van der Waals surface area contributed by atoms with E-state index in [-0.39, 0.29) is 23.6 Å². The van der Waals surface area contributed by atoms with Crippen LogP contribution in [0.5, 0.6) is 0 Å². The van der Waals surface area contributed by atoms with Gasteiger partial charge in [0.25, 0.3) is 0 Å². The third-order valence-corrected chi connectivity index (χ3v) is 6.59. The third-order valence-electron chi connectivity index (χ3n) is 4.79. The Morgan fingerprint density at radius 3 is 2.38 bits per heavy atom. The van der Waals surface area contributed by atoms with Gasteiger partial charge in [-0.1, -0.05) is 12.1 Å². The van der Waals surface area contributed by atoms with Crippen molar-refractivity contribution in [3.05, 3.63) is 24.3 Å². The van der Waals surface area contributed by atoms with Crippen LogP contribution >= 0.6 is 0 Å². The molecule has 7 nitrogen and oxygen atoms in total. The minimum Gasteiger partial charge on any atom is -0.453 e. The van der Waals surface area contributed by atoms with Gasteiger partial charge in [-0.3, -0.25) is 0 Å². The van der Waals surface area contributed by atoms with Crippen molar-refractivity contribution in [2.24, 2.45) is 0 Å². The van der Waals surface area contributed by atoms with E-state index < -0.39 is 34.3 Å². The minimum atomic E-state index is -3.48. The number of carbonyl (C=O) groups is 1. The zero-order valence-electron chi connectivity index (χ0n) is 15.9. The Labute approximate surface area is 155 Å². The molecule has 0 aliphatic carbocycles. The fourth-order valence-corrected chi connectivity index (χ4v) is 3.84. The van der Waals surface area contributed by atoms with E-state index in [1.54, 1.807) is 24.3 Å². The van der Waals surface area contributed by atoms with E-state index in [2.05, 4.69) is 10.1 Å². The number of carbonyl (C=O) groups excluding carboxylic acids is 1. The van der Waals surface area contributed by atoms with Crippen molar-refractivity contribution in [1.29, 1.82) is 0 Å². The average molecular weight is 383 g/mol. The first-order valence-corrected chi connectivity index (χ1v) is 10.1. The molecule has 1 fully saturated rings. The van der Waals surface area contributed by atoms with Gasteiger partial charge in [-0.15, -0.1) is 0 Å². The summed E-state index contributed by atoms with van der Waals surface area (Å²) in [6.07, 6.45) is -0.289. The zero-order chi connectivity index (χ0) is 19.6. The summed E-state index contributed by atoms with van der Waals surface area (Å²) in [5.41, 5.74) is -0.324. The quantitative estimate of drug-likeness (QED) is 0.592. The lowest BCUT2D eigenvalue weighted by Gasteiger charge is -2.32. The molecule has 2 rings (SSSR count). The molecule has 1 aliphatic heterocycles. The molecule has 0 saturated carbocycles. The second-order valence-corrected chi connectivity index (χ2v) is 9.36. The van der Waals surface area contributed by atoms with Crippen LogP contribution in [0.4, 0.5) is 4.79 Å².